The van der Waals surface area contributed by atoms with Gasteiger partial charge < -0.3 is 10.0 Å². The smallest absolute Gasteiger partial charge is 0.281 e. The third-order valence-electron chi connectivity index (χ3n) is 5.64. The molecule has 0 saturated carbocycles. The van der Waals surface area contributed by atoms with Crippen LogP contribution in [0.25, 0.3) is 10.6 Å². The minimum absolute atomic E-state index is 0.0814. The first kappa shape index (κ1) is 28.1. The molecule has 0 aliphatic heterocycles. The SMILES string of the molecule is CS/N=C(/c1c(O)c(-c2cccs2)nn(CCC(C)C)c1=O)N(C)c1ccc(N(C)S(C)(O)O)cc1. The lowest BCUT2D eigenvalue weighted by Crippen LogP contribution is -2.36. The van der Waals surface area contributed by atoms with E-state index in [4.69, 9.17) is 0 Å². The predicted molar refractivity (Wildman–Crippen MR) is 155 cm³/mol. The molecule has 9 nitrogen and oxygen atoms in total. The van der Waals surface area contributed by atoms with Gasteiger partial charge in [-0.25, -0.2) is 4.68 Å². The van der Waals surface area contributed by atoms with Crippen LogP contribution in [0.2, 0.25) is 0 Å². The van der Waals surface area contributed by atoms with Crippen molar-refractivity contribution in [3.05, 3.63) is 57.7 Å². The number of aromatic hydroxyl groups is 1. The maximum Gasteiger partial charge on any atom is 0.281 e. The number of aromatic nitrogens is 2. The third-order valence-corrected chi connectivity index (χ3v) is 8.12. The maximum atomic E-state index is 13.6. The van der Waals surface area contributed by atoms with Gasteiger partial charge in [-0.15, -0.1) is 22.1 Å². The molecule has 0 bridgehead atoms. The van der Waals surface area contributed by atoms with E-state index in [9.17, 15) is 19.0 Å². The minimum Gasteiger partial charge on any atom is -0.505 e. The molecule has 0 radical (unpaired) electrons. The van der Waals surface area contributed by atoms with Gasteiger partial charge in [0.1, 0.15) is 11.3 Å². The first-order valence-corrected chi connectivity index (χ1v) is 15.2. The van der Waals surface area contributed by atoms with E-state index in [-0.39, 0.29) is 11.3 Å². The zero-order chi connectivity index (χ0) is 26.6. The van der Waals surface area contributed by atoms with Gasteiger partial charge in [-0.3, -0.25) is 18.2 Å². The molecule has 0 aliphatic carbocycles. The average Bonchev–Trinajstić information content (AvgIpc) is 3.36. The lowest BCUT2D eigenvalue weighted by Gasteiger charge is -2.38. The van der Waals surface area contributed by atoms with Gasteiger partial charge in [0.25, 0.3) is 5.56 Å². The zero-order valence-corrected chi connectivity index (χ0v) is 23.7. The van der Waals surface area contributed by atoms with Gasteiger partial charge in [-0.2, -0.15) is 9.50 Å². The highest BCUT2D eigenvalue weighted by Gasteiger charge is 2.26. The second-order valence-corrected chi connectivity index (χ2v) is 12.4. The van der Waals surface area contributed by atoms with Crippen LogP contribution >= 0.6 is 34.1 Å². The summed E-state index contributed by atoms with van der Waals surface area (Å²) in [5.41, 5.74) is 1.34. The molecular formula is C24H33N5O4S3. The molecule has 3 aromatic rings. The lowest BCUT2D eigenvalue weighted by molar-refractivity contribution is 0.444. The van der Waals surface area contributed by atoms with Crippen LogP contribution in [-0.4, -0.2) is 56.4 Å². The van der Waals surface area contributed by atoms with Crippen LogP contribution in [0.3, 0.4) is 0 Å². The lowest BCUT2D eigenvalue weighted by atomic mass is 10.1. The van der Waals surface area contributed by atoms with Crippen LogP contribution in [0.4, 0.5) is 11.4 Å². The molecule has 0 unspecified atom stereocenters. The molecule has 12 heteroatoms. The number of hydrogen-bond acceptors (Lipinski definition) is 9. The fraction of sp³-hybridized carbons (Fsp3) is 0.375. The summed E-state index contributed by atoms with van der Waals surface area (Å²) in [4.78, 5) is 16.1. The summed E-state index contributed by atoms with van der Waals surface area (Å²) in [6.45, 7) is 4.59. The van der Waals surface area contributed by atoms with E-state index in [0.29, 0.717) is 35.4 Å². The van der Waals surface area contributed by atoms with Crippen molar-refractivity contribution in [1.82, 2.24) is 9.78 Å². The van der Waals surface area contributed by atoms with Crippen molar-refractivity contribution < 1.29 is 14.2 Å². The van der Waals surface area contributed by atoms with Gasteiger partial charge in [0, 0.05) is 38.8 Å². The van der Waals surface area contributed by atoms with E-state index < -0.39 is 16.3 Å². The largest absolute Gasteiger partial charge is 0.505 e. The van der Waals surface area contributed by atoms with Crippen LogP contribution in [0.15, 0.2) is 51.0 Å². The molecule has 3 rings (SSSR count). The first-order chi connectivity index (χ1) is 17.0. The summed E-state index contributed by atoms with van der Waals surface area (Å²) in [5, 5.41) is 17.7. The van der Waals surface area contributed by atoms with E-state index in [1.54, 1.807) is 49.5 Å². The molecule has 36 heavy (non-hydrogen) atoms. The van der Waals surface area contributed by atoms with Crippen LogP contribution in [0.1, 0.15) is 25.8 Å². The molecule has 2 aromatic heterocycles. The molecule has 0 spiro atoms. The normalized spacial score (nSPS) is 12.8. The molecule has 2 heterocycles. The van der Waals surface area contributed by atoms with Crippen LogP contribution in [-0.2, 0) is 6.54 Å². The number of amidine groups is 1. The van der Waals surface area contributed by atoms with Crippen molar-refractivity contribution in [2.45, 2.75) is 26.8 Å². The summed E-state index contributed by atoms with van der Waals surface area (Å²) in [6.07, 6.45) is 3.91. The zero-order valence-electron chi connectivity index (χ0n) is 21.2. The number of aryl methyl sites for hydroxylation is 1. The fourth-order valence-corrected chi connectivity index (χ4v) is 5.06. The molecule has 196 valence electrons. The monoisotopic (exact) mass is 551 g/mol. The second kappa shape index (κ2) is 11.7. The number of rotatable bonds is 9. The Bertz CT molecular complexity index is 1250. The first-order valence-electron chi connectivity index (χ1n) is 11.3. The van der Waals surface area contributed by atoms with Gasteiger partial charge in [0.15, 0.2) is 11.6 Å². The van der Waals surface area contributed by atoms with Crippen molar-refractivity contribution in [2.75, 3.05) is 35.8 Å². The molecule has 0 aliphatic rings. The Hall–Kier alpha value is -2.51. The van der Waals surface area contributed by atoms with Gasteiger partial charge in [-0.1, -0.05) is 19.9 Å². The maximum absolute atomic E-state index is 13.6. The molecule has 3 N–H and O–H groups in total. The van der Waals surface area contributed by atoms with Crippen molar-refractivity contribution in [3.8, 4) is 16.3 Å². The van der Waals surface area contributed by atoms with Gasteiger partial charge >= 0.3 is 0 Å². The highest BCUT2D eigenvalue weighted by atomic mass is 32.3. The number of thiophene rings is 1. The molecule has 0 atom stereocenters. The van der Waals surface area contributed by atoms with Gasteiger partial charge in [-0.05, 0) is 60.0 Å². The van der Waals surface area contributed by atoms with Crippen LogP contribution < -0.4 is 14.8 Å². The Labute approximate surface area is 221 Å². The third kappa shape index (κ3) is 6.24. The Balaban J connectivity index is 2.12. The van der Waals surface area contributed by atoms with E-state index in [0.717, 1.165) is 11.3 Å². The summed E-state index contributed by atoms with van der Waals surface area (Å²) in [7, 11) is 0.473. The molecule has 0 amide bonds. The van der Waals surface area contributed by atoms with E-state index >= 15 is 0 Å². The van der Waals surface area contributed by atoms with Crippen LogP contribution in [0, 0.1) is 5.92 Å². The minimum atomic E-state index is -2.90. The van der Waals surface area contributed by atoms with Crippen molar-refractivity contribution in [3.63, 3.8) is 0 Å². The van der Waals surface area contributed by atoms with E-state index in [2.05, 4.69) is 23.3 Å². The predicted octanol–water partition coefficient (Wildman–Crippen LogP) is 5.62. The Kier molecular flexibility index (Phi) is 9.12. The Morgan fingerprint density at radius 3 is 2.36 bits per heavy atom. The Morgan fingerprint density at radius 1 is 1.19 bits per heavy atom. The average molecular weight is 552 g/mol. The Morgan fingerprint density at radius 2 is 1.83 bits per heavy atom. The summed E-state index contributed by atoms with van der Waals surface area (Å²) >= 11 is 2.62. The van der Waals surface area contributed by atoms with Gasteiger partial charge in [0.2, 0.25) is 0 Å². The summed E-state index contributed by atoms with van der Waals surface area (Å²) in [5.74, 6) is 0.463. The number of anilines is 2. The molecular weight excluding hydrogens is 518 g/mol. The summed E-state index contributed by atoms with van der Waals surface area (Å²) in [6, 6.07) is 10.8. The number of nitrogens with zero attached hydrogens (tertiary/aromatic N) is 5. The molecule has 0 saturated heterocycles. The van der Waals surface area contributed by atoms with Crippen molar-refractivity contribution in [2.24, 2.45) is 10.3 Å². The topological polar surface area (TPSA) is 114 Å². The van der Waals surface area contributed by atoms with Crippen LogP contribution in [0.5, 0.6) is 5.75 Å². The molecule has 1 aromatic carbocycles. The number of hydrogen-bond donors (Lipinski definition) is 3. The van der Waals surface area contributed by atoms with Crippen molar-refractivity contribution >= 4 is 51.3 Å². The quantitative estimate of drug-likeness (QED) is 0.178. The number of benzene rings is 1. The highest BCUT2D eigenvalue weighted by Crippen LogP contribution is 2.41. The van der Waals surface area contributed by atoms with E-state index in [1.807, 2.05) is 17.5 Å². The van der Waals surface area contributed by atoms with Crippen molar-refractivity contribution in [1.29, 1.82) is 0 Å². The fourth-order valence-electron chi connectivity index (χ4n) is 3.44. The summed E-state index contributed by atoms with van der Waals surface area (Å²) < 4.78 is 27.3. The van der Waals surface area contributed by atoms with Gasteiger partial charge in [0.05, 0.1) is 10.6 Å². The highest BCUT2D eigenvalue weighted by molar-refractivity contribution is 8.24. The standard InChI is InChI=1S/C24H33N5O4S3/c1-16(2)13-14-29-24(31)20(22(30)21(25-29)19-8-7-15-35-19)23(26-34-5)27(3)17-9-11-18(12-10-17)28(4)36(6,32)33/h7-12,15-16,30,32-33H,13-14H2,1-6H3/b26-23-. The second-order valence-electron chi connectivity index (χ2n) is 8.72. The molecule has 0 fully saturated rings. The van der Waals surface area contributed by atoms with E-state index in [1.165, 1.54) is 38.5 Å².